The summed E-state index contributed by atoms with van der Waals surface area (Å²) in [6, 6.07) is -0.860. The van der Waals surface area contributed by atoms with Crippen LogP contribution in [-0.2, 0) is 27.9 Å². The molecule has 0 spiro atoms. The van der Waals surface area contributed by atoms with E-state index >= 15 is 0 Å². The van der Waals surface area contributed by atoms with Gasteiger partial charge in [-0.1, -0.05) is 247 Å². The number of allylic oxidation sites excluding steroid dienone is 15. The first-order valence-electron chi connectivity index (χ1n) is 31.6. The molecular weight excluding hydrogens is 976 g/mol. The predicted octanol–water partition coefficient (Wildman–Crippen LogP) is 19.6. The van der Waals surface area contributed by atoms with Crippen molar-refractivity contribution in [2.24, 2.45) is 0 Å². The number of nitrogens with one attached hydrogen (secondary N) is 1. The SMILES string of the molecule is CC/C=C\C/C=C\C/C=C\C/C=C\C/C=C\C/C=C\CCCCCCCCCCC(=O)OC(/C=C\CCCCCCCCCCCCC)C(COP(=O)(O)OCC[N+](C)(C)C)NC(=O)CCCCCCC/C=C\CCCC. The van der Waals surface area contributed by atoms with Crippen molar-refractivity contribution in [2.45, 2.75) is 277 Å². The van der Waals surface area contributed by atoms with Crippen molar-refractivity contribution in [3.8, 4) is 0 Å². The first-order chi connectivity index (χ1) is 37.4. The zero-order valence-electron chi connectivity index (χ0n) is 50.7. The van der Waals surface area contributed by atoms with Crippen LogP contribution in [0.2, 0.25) is 0 Å². The molecule has 0 aromatic carbocycles. The van der Waals surface area contributed by atoms with Crippen LogP contribution >= 0.6 is 7.82 Å². The Kier molecular flexibility index (Phi) is 54.0. The number of nitrogens with zero attached hydrogens (tertiary/aromatic N) is 1. The molecule has 1 amide bonds. The van der Waals surface area contributed by atoms with E-state index in [4.69, 9.17) is 13.8 Å². The minimum absolute atomic E-state index is 0.0335. The highest BCUT2D eigenvalue weighted by Crippen LogP contribution is 2.43. The summed E-state index contributed by atoms with van der Waals surface area (Å²) in [5.41, 5.74) is 0. The van der Waals surface area contributed by atoms with Gasteiger partial charge in [0.05, 0.1) is 33.8 Å². The summed E-state index contributed by atoms with van der Waals surface area (Å²) in [6.45, 7) is 6.84. The van der Waals surface area contributed by atoms with Gasteiger partial charge in [0, 0.05) is 12.8 Å². The lowest BCUT2D eigenvalue weighted by molar-refractivity contribution is -0.870. The highest BCUT2D eigenvalue weighted by Gasteiger charge is 2.30. The Labute approximate surface area is 475 Å². The minimum atomic E-state index is -4.45. The van der Waals surface area contributed by atoms with Gasteiger partial charge in [-0.2, -0.15) is 0 Å². The molecule has 0 radical (unpaired) electrons. The molecule has 0 rings (SSSR count). The first-order valence-corrected chi connectivity index (χ1v) is 33.1. The van der Waals surface area contributed by atoms with E-state index in [2.05, 4.69) is 111 Å². The van der Waals surface area contributed by atoms with Crippen LogP contribution in [0.3, 0.4) is 0 Å². The molecule has 0 saturated carbocycles. The van der Waals surface area contributed by atoms with Crippen LogP contribution in [0.25, 0.3) is 0 Å². The Morgan fingerprint density at radius 3 is 1.30 bits per heavy atom. The largest absolute Gasteiger partial charge is 0.472 e. The van der Waals surface area contributed by atoms with Gasteiger partial charge in [-0.3, -0.25) is 18.6 Å². The lowest BCUT2D eigenvalue weighted by Crippen LogP contribution is -2.47. The number of amides is 1. The second-order valence-electron chi connectivity index (χ2n) is 22.2. The molecule has 0 aromatic rings. The second kappa shape index (κ2) is 56.2. The number of hydrogen-bond acceptors (Lipinski definition) is 6. The van der Waals surface area contributed by atoms with E-state index in [9.17, 15) is 19.0 Å². The molecule has 9 nitrogen and oxygen atoms in total. The van der Waals surface area contributed by atoms with E-state index < -0.39 is 20.0 Å². The summed E-state index contributed by atoms with van der Waals surface area (Å²) in [4.78, 5) is 37.7. The van der Waals surface area contributed by atoms with Crippen molar-refractivity contribution >= 4 is 19.7 Å². The summed E-state index contributed by atoms with van der Waals surface area (Å²) < 4.78 is 30.7. The number of likely N-dealkylation sites (N-methyl/N-ethyl adjacent to an activating group) is 1. The summed E-state index contributed by atoms with van der Waals surface area (Å²) in [5.74, 6) is -0.528. The van der Waals surface area contributed by atoms with Crippen LogP contribution in [0, 0.1) is 0 Å². The molecule has 0 fully saturated rings. The molecule has 10 heteroatoms. The highest BCUT2D eigenvalue weighted by atomic mass is 31.2. The van der Waals surface area contributed by atoms with Crippen LogP contribution in [0.5, 0.6) is 0 Å². The van der Waals surface area contributed by atoms with Gasteiger partial charge < -0.3 is 19.4 Å². The van der Waals surface area contributed by atoms with Gasteiger partial charge in [0.2, 0.25) is 5.91 Å². The molecule has 0 aliphatic heterocycles. The molecule has 3 atom stereocenters. The lowest BCUT2D eigenvalue weighted by atomic mass is 10.0. The maximum atomic E-state index is 13.5. The third-order valence-corrected chi connectivity index (χ3v) is 14.5. The van der Waals surface area contributed by atoms with Gasteiger partial charge in [-0.05, 0) is 102 Å². The Morgan fingerprint density at radius 2 is 0.844 bits per heavy atom. The fraction of sp³-hybridized carbons (Fsp3) is 0.731. The number of carbonyl (C=O) groups is 2. The molecular formula is C67H120N2O7P+. The third-order valence-electron chi connectivity index (χ3n) is 13.5. The number of hydrogen-bond donors (Lipinski definition) is 2. The van der Waals surface area contributed by atoms with Crippen molar-refractivity contribution < 1.29 is 37.3 Å². The number of quaternary nitrogens is 1. The van der Waals surface area contributed by atoms with Gasteiger partial charge in [-0.25, -0.2) is 4.57 Å². The van der Waals surface area contributed by atoms with Gasteiger partial charge in [0.1, 0.15) is 19.3 Å². The molecule has 0 bridgehead atoms. The molecule has 0 aliphatic rings. The molecule has 0 heterocycles. The number of phosphoric ester groups is 1. The first kappa shape index (κ1) is 73.9. The quantitative estimate of drug-likeness (QED) is 0.0205. The molecule has 0 saturated heterocycles. The third kappa shape index (κ3) is 57.4. The lowest BCUT2D eigenvalue weighted by Gasteiger charge is -2.27. The summed E-state index contributed by atoms with van der Waals surface area (Å²) >= 11 is 0. The predicted molar refractivity (Wildman–Crippen MR) is 332 cm³/mol. The number of rotatable bonds is 56. The summed E-state index contributed by atoms with van der Waals surface area (Å²) in [6.07, 6.45) is 75.5. The monoisotopic (exact) mass is 1100 g/mol. The van der Waals surface area contributed by atoms with E-state index in [1.54, 1.807) is 0 Å². The average Bonchev–Trinajstić information content (AvgIpc) is 3.39. The standard InChI is InChI=1S/C67H119N2O7P/c1-7-10-13-16-19-22-25-27-28-29-30-31-32-33-34-35-36-37-38-39-40-42-45-48-51-54-57-60-67(71)76-65(58-55-52-49-46-44-41-26-23-20-17-14-11-8-2)64(63-75-77(72,73)74-62-61-69(4,5)6)68-66(70)59-56-53-50-47-43-24-21-18-15-12-9-3/h10,13,18-19,21-22,27-28,30-31,33-34,36-37,55,58,64-65H,7-9,11-12,14-17,20,23-26,29,32,35,38-54,56-57,59-63H2,1-6H3,(H-,68,70,72,73)/p+1/b13-10-,21-18-,22-19-,28-27-,31-30-,34-33-,37-36-,58-55-. The Hall–Kier alpha value is -3.07. The fourth-order valence-corrected chi connectivity index (χ4v) is 9.37. The molecule has 0 aliphatic carbocycles. The van der Waals surface area contributed by atoms with E-state index in [1.807, 2.05) is 33.3 Å². The highest BCUT2D eigenvalue weighted by molar-refractivity contribution is 7.47. The summed E-state index contributed by atoms with van der Waals surface area (Å²) in [7, 11) is 1.48. The molecule has 2 N–H and O–H groups in total. The van der Waals surface area contributed by atoms with Gasteiger partial charge >= 0.3 is 13.8 Å². The van der Waals surface area contributed by atoms with Crippen molar-refractivity contribution in [1.29, 1.82) is 0 Å². The van der Waals surface area contributed by atoms with Crippen molar-refractivity contribution in [2.75, 3.05) is 40.9 Å². The fourth-order valence-electron chi connectivity index (χ4n) is 8.63. The topological polar surface area (TPSA) is 111 Å². The number of esters is 1. The maximum Gasteiger partial charge on any atom is 0.472 e. The van der Waals surface area contributed by atoms with Crippen molar-refractivity contribution in [3.05, 3.63) is 97.2 Å². The van der Waals surface area contributed by atoms with Crippen LogP contribution in [-0.4, -0.2) is 74.3 Å². The number of carbonyl (C=O) groups excluding carboxylic acids is 2. The van der Waals surface area contributed by atoms with Crippen LogP contribution in [0.4, 0.5) is 0 Å². The zero-order valence-corrected chi connectivity index (χ0v) is 51.6. The van der Waals surface area contributed by atoms with Crippen LogP contribution in [0.15, 0.2) is 97.2 Å². The normalized spacial score (nSPS) is 14.3. The number of ether oxygens (including phenoxy) is 1. The van der Waals surface area contributed by atoms with E-state index in [1.165, 1.54) is 96.3 Å². The molecule has 444 valence electrons. The Bertz CT molecular complexity index is 1640. The smallest absolute Gasteiger partial charge is 0.456 e. The van der Waals surface area contributed by atoms with E-state index in [0.717, 1.165) is 135 Å². The molecule has 0 aromatic heterocycles. The summed E-state index contributed by atoms with van der Waals surface area (Å²) in [5, 5.41) is 3.04. The van der Waals surface area contributed by atoms with Gasteiger partial charge in [0.15, 0.2) is 0 Å². The average molecular weight is 1100 g/mol. The van der Waals surface area contributed by atoms with Crippen molar-refractivity contribution in [3.63, 3.8) is 0 Å². The van der Waals surface area contributed by atoms with E-state index in [0.29, 0.717) is 17.4 Å². The van der Waals surface area contributed by atoms with Gasteiger partial charge in [0.25, 0.3) is 0 Å². The maximum absolute atomic E-state index is 13.5. The number of phosphoric acid groups is 1. The molecule has 77 heavy (non-hydrogen) atoms. The Balaban J connectivity index is 5.12. The van der Waals surface area contributed by atoms with Crippen LogP contribution in [0.1, 0.15) is 265 Å². The zero-order chi connectivity index (χ0) is 56.4. The number of unbranched alkanes of at least 4 members (excludes halogenated alkanes) is 26. The van der Waals surface area contributed by atoms with Crippen LogP contribution < -0.4 is 5.32 Å². The second-order valence-corrected chi connectivity index (χ2v) is 23.6. The van der Waals surface area contributed by atoms with Crippen molar-refractivity contribution in [1.82, 2.24) is 5.32 Å². The van der Waals surface area contributed by atoms with E-state index in [-0.39, 0.29) is 31.5 Å². The minimum Gasteiger partial charge on any atom is -0.456 e. The molecule has 3 unspecified atom stereocenters. The van der Waals surface area contributed by atoms with Gasteiger partial charge in [-0.15, -0.1) is 0 Å². The Morgan fingerprint density at radius 1 is 0.468 bits per heavy atom.